The molecule has 74 valence electrons. The van der Waals surface area contributed by atoms with Gasteiger partial charge >= 0.3 is 0 Å². The molecule has 0 aliphatic heterocycles. The number of aromatic nitrogens is 3. The molecule has 0 spiro atoms. The zero-order chi connectivity index (χ0) is 10.1. The molecule has 4 heteroatoms. The number of nitrogens with zero attached hydrogens (tertiary/aromatic N) is 3. The Bertz CT molecular complexity index is 428. The van der Waals surface area contributed by atoms with Crippen molar-refractivity contribution in [2.75, 3.05) is 0 Å². The van der Waals surface area contributed by atoms with E-state index in [1.807, 2.05) is 19.3 Å². The lowest BCUT2D eigenvalue weighted by molar-refractivity contribution is 0.420. The van der Waals surface area contributed by atoms with Gasteiger partial charge in [0.05, 0.1) is 17.5 Å². The van der Waals surface area contributed by atoms with Gasteiger partial charge in [0.2, 0.25) is 0 Å². The molecule has 14 heavy (non-hydrogen) atoms. The van der Waals surface area contributed by atoms with Crippen LogP contribution in [0.2, 0.25) is 0 Å². The molecule has 0 saturated heterocycles. The Morgan fingerprint density at radius 1 is 1.43 bits per heavy atom. The van der Waals surface area contributed by atoms with Crippen LogP contribution in [0.15, 0.2) is 23.0 Å². The first kappa shape index (κ1) is 8.99. The summed E-state index contributed by atoms with van der Waals surface area (Å²) in [6.45, 7) is 4.18. The first-order valence-electron chi connectivity index (χ1n) is 4.62. The summed E-state index contributed by atoms with van der Waals surface area (Å²) in [6, 6.07) is 1.96. The van der Waals surface area contributed by atoms with Gasteiger partial charge in [-0.1, -0.05) is 19.0 Å². The van der Waals surface area contributed by atoms with Crippen LogP contribution in [-0.2, 0) is 7.05 Å². The summed E-state index contributed by atoms with van der Waals surface area (Å²) in [5.41, 5.74) is 1.94. The van der Waals surface area contributed by atoms with Gasteiger partial charge in [-0.2, -0.15) is 5.10 Å². The zero-order valence-electron chi connectivity index (χ0n) is 8.56. The molecule has 2 heterocycles. The Kier molecular flexibility index (Phi) is 2.11. The largest absolute Gasteiger partial charge is 0.356 e. The molecule has 2 aromatic rings. The minimum absolute atomic E-state index is 0.393. The number of aryl methyl sites for hydroxylation is 1. The van der Waals surface area contributed by atoms with E-state index in [1.54, 1.807) is 10.9 Å². The maximum Gasteiger partial charge on any atom is 0.170 e. The molecule has 0 fully saturated rings. The normalized spacial score (nSPS) is 11.1. The van der Waals surface area contributed by atoms with E-state index in [0.29, 0.717) is 5.92 Å². The van der Waals surface area contributed by atoms with E-state index >= 15 is 0 Å². The smallest absolute Gasteiger partial charge is 0.170 e. The molecule has 0 amide bonds. The van der Waals surface area contributed by atoms with Crippen molar-refractivity contribution in [3.63, 3.8) is 0 Å². The molecular weight excluding hydrogens is 178 g/mol. The number of hydrogen-bond donors (Lipinski definition) is 0. The standard InChI is InChI=1S/C10H13N3O/c1-7(2)9-4-10(14-12-9)8-5-11-13(3)6-8/h4-7H,1-3H3. The summed E-state index contributed by atoms with van der Waals surface area (Å²) in [6.07, 6.45) is 3.68. The lowest BCUT2D eigenvalue weighted by atomic mass is 10.1. The Balaban J connectivity index is 2.33. The predicted octanol–water partition coefficient (Wildman–Crippen LogP) is 2.20. The van der Waals surface area contributed by atoms with Gasteiger partial charge in [0.25, 0.3) is 0 Å². The SMILES string of the molecule is CC(C)c1cc(-c2cnn(C)c2)on1. The van der Waals surface area contributed by atoms with Gasteiger partial charge in [0.1, 0.15) is 0 Å². The van der Waals surface area contributed by atoms with Gasteiger partial charge in [-0.25, -0.2) is 0 Å². The maximum absolute atomic E-state index is 5.22. The van der Waals surface area contributed by atoms with Crippen LogP contribution in [0.3, 0.4) is 0 Å². The lowest BCUT2D eigenvalue weighted by Crippen LogP contribution is -1.84. The van der Waals surface area contributed by atoms with Crippen LogP contribution < -0.4 is 0 Å². The van der Waals surface area contributed by atoms with E-state index in [9.17, 15) is 0 Å². The Labute approximate surface area is 82.5 Å². The van der Waals surface area contributed by atoms with Crippen LogP contribution in [-0.4, -0.2) is 14.9 Å². The summed E-state index contributed by atoms with van der Waals surface area (Å²) >= 11 is 0. The van der Waals surface area contributed by atoms with E-state index < -0.39 is 0 Å². The second kappa shape index (κ2) is 3.29. The fourth-order valence-corrected chi connectivity index (χ4v) is 1.25. The van der Waals surface area contributed by atoms with Gasteiger partial charge in [0, 0.05) is 19.3 Å². The number of hydrogen-bond acceptors (Lipinski definition) is 3. The molecule has 0 aliphatic carbocycles. The quantitative estimate of drug-likeness (QED) is 0.730. The van der Waals surface area contributed by atoms with Crippen molar-refractivity contribution in [3.05, 3.63) is 24.2 Å². The molecule has 2 aromatic heterocycles. The summed E-state index contributed by atoms with van der Waals surface area (Å²) < 4.78 is 6.96. The van der Waals surface area contributed by atoms with Gasteiger partial charge in [-0.05, 0) is 5.92 Å². The maximum atomic E-state index is 5.22. The van der Waals surface area contributed by atoms with Crippen molar-refractivity contribution in [2.45, 2.75) is 19.8 Å². The third-order valence-electron chi connectivity index (χ3n) is 2.11. The zero-order valence-corrected chi connectivity index (χ0v) is 8.56. The Hall–Kier alpha value is -1.58. The van der Waals surface area contributed by atoms with Crippen molar-refractivity contribution in [1.29, 1.82) is 0 Å². The molecule has 0 saturated carbocycles. The third-order valence-corrected chi connectivity index (χ3v) is 2.11. The summed E-state index contributed by atoms with van der Waals surface area (Å²) in [7, 11) is 1.88. The van der Waals surface area contributed by atoms with Crippen LogP contribution in [0.5, 0.6) is 0 Å². The first-order chi connectivity index (χ1) is 6.66. The lowest BCUT2D eigenvalue weighted by Gasteiger charge is -1.93. The molecule has 0 N–H and O–H groups in total. The molecule has 2 rings (SSSR count). The van der Waals surface area contributed by atoms with Gasteiger partial charge in [0.15, 0.2) is 5.76 Å². The predicted molar refractivity (Wildman–Crippen MR) is 52.8 cm³/mol. The van der Waals surface area contributed by atoms with Crippen LogP contribution in [0, 0.1) is 0 Å². The summed E-state index contributed by atoms with van der Waals surface area (Å²) in [4.78, 5) is 0. The summed E-state index contributed by atoms with van der Waals surface area (Å²) in [5.74, 6) is 1.17. The molecule has 0 unspecified atom stereocenters. The second-order valence-electron chi connectivity index (χ2n) is 3.67. The Morgan fingerprint density at radius 3 is 2.71 bits per heavy atom. The molecule has 0 aliphatic rings. The van der Waals surface area contributed by atoms with Gasteiger partial charge in [-0.3, -0.25) is 4.68 Å². The molecule has 0 bridgehead atoms. The van der Waals surface area contributed by atoms with Crippen molar-refractivity contribution >= 4 is 0 Å². The van der Waals surface area contributed by atoms with Crippen molar-refractivity contribution in [1.82, 2.24) is 14.9 Å². The van der Waals surface area contributed by atoms with E-state index in [1.165, 1.54) is 0 Å². The highest BCUT2D eigenvalue weighted by Gasteiger charge is 2.10. The van der Waals surface area contributed by atoms with Crippen LogP contribution >= 0.6 is 0 Å². The second-order valence-corrected chi connectivity index (χ2v) is 3.67. The molecule has 0 atom stereocenters. The minimum Gasteiger partial charge on any atom is -0.356 e. The highest BCUT2D eigenvalue weighted by Crippen LogP contribution is 2.22. The topological polar surface area (TPSA) is 43.9 Å². The van der Waals surface area contributed by atoms with Crippen molar-refractivity contribution in [2.24, 2.45) is 7.05 Å². The fourth-order valence-electron chi connectivity index (χ4n) is 1.25. The molecule has 0 radical (unpaired) electrons. The molecular formula is C10H13N3O. The van der Waals surface area contributed by atoms with E-state index in [2.05, 4.69) is 24.1 Å². The number of rotatable bonds is 2. The minimum atomic E-state index is 0.393. The average Bonchev–Trinajstić information content (AvgIpc) is 2.70. The van der Waals surface area contributed by atoms with E-state index in [-0.39, 0.29) is 0 Å². The van der Waals surface area contributed by atoms with Crippen LogP contribution in [0.1, 0.15) is 25.5 Å². The highest BCUT2D eigenvalue weighted by molar-refractivity contribution is 5.54. The highest BCUT2D eigenvalue weighted by atomic mass is 16.5. The van der Waals surface area contributed by atoms with Crippen molar-refractivity contribution in [3.8, 4) is 11.3 Å². The van der Waals surface area contributed by atoms with Crippen molar-refractivity contribution < 1.29 is 4.52 Å². The van der Waals surface area contributed by atoms with Gasteiger partial charge < -0.3 is 4.52 Å². The molecule has 4 nitrogen and oxygen atoms in total. The van der Waals surface area contributed by atoms with Crippen LogP contribution in [0.4, 0.5) is 0 Å². The van der Waals surface area contributed by atoms with E-state index in [4.69, 9.17) is 4.52 Å². The summed E-state index contributed by atoms with van der Waals surface area (Å²) in [5, 5.41) is 8.07. The average molecular weight is 191 g/mol. The van der Waals surface area contributed by atoms with Crippen LogP contribution in [0.25, 0.3) is 11.3 Å². The molecule has 0 aromatic carbocycles. The fraction of sp³-hybridized carbons (Fsp3) is 0.400. The monoisotopic (exact) mass is 191 g/mol. The third kappa shape index (κ3) is 1.55. The first-order valence-corrected chi connectivity index (χ1v) is 4.62. The van der Waals surface area contributed by atoms with E-state index in [0.717, 1.165) is 17.0 Å². The Morgan fingerprint density at radius 2 is 2.21 bits per heavy atom. The van der Waals surface area contributed by atoms with Gasteiger partial charge in [-0.15, -0.1) is 0 Å².